The van der Waals surface area contributed by atoms with Crippen LogP contribution in [-0.2, 0) is 10.3 Å². The topological polar surface area (TPSA) is 40.5 Å². The molecule has 0 fully saturated rings. The molecular weight excluding hydrogens is 418 g/mol. The van der Waals surface area contributed by atoms with E-state index in [2.05, 4.69) is 27.8 Å². The molecular formula is C18H20BrF4NO2. The van der Waals surface area contributed by atoms with Crippen molar-refractivity contribution in [2.45, 2.75) is 43.7 Å². The number of aliphatic hydroxyl groups excluding tert-OH is 1. The Hall–Kier alpha value is -1.43. The summed E-state index contributed by atoms with van der Waals surface area (Å²) < 4.78 is 57.2. The lowest BCUT2D eigenvalue weighted by molar-refractivity contribution is -0.218. The van der Waals surface area contributed by atoms with E-state index in [0.717, 1.165) is 7.05 Å². The molecule has 0 aliphatic carbocycles. The van der Waals surface area contributed by atoms with Crippen molar-refractivity contribution in [3.63, 3.8) is 0 Å². The van der Waals surface area contributed by atoms with E-state index >= 15 is 0 Å². The molecule has 0 bridgehead atoms. The van der Waals surface area contributed by atoms with Crippen LogP contribution in [0.2, 0.25) is 0 Å². The summed E-state index contributed by atoms with van der Waals surface area (Å²) >= 11 is 3.16. The first-order valence-electron chi connectivity index (χ1n) is 7.70. The Morgan fingerprint density at radius 1 is 1.23 bits per heavy atom. The molecule has 0 spiro atoms. The summed E-state index contributed by atoms with van der Waals surface area (Å²) in [5.41, 5.74) is -4.98. The van der Waals surface area contributed by atoms with E-state index in [1.165, 1.54) is 38.1 Å². The summed E-state index contributed by atoms with van der Waals surface area (Å²) in [6.45, 7) is 1.58. The van der Waals surface area contributed by atoms with Crippen LogP contribution in [0.4, 0.5) is 17.6 Å². The molecule has 0 aliphatic rings. The fourth-order valence-corrected chi connectivity index (χ4v) is 2.94. The largest absolute Gasteiger partial charge is 0.422 e. The number of hydrogen-bond acceptors (Lipinski definition) is 3. The van der Waals surface area contributed by atoms with Crippen molar-refractivity contribution in [3.8, 4) is 11.8 Å². The van der Waals surface area contributed by atoms with Crippen molar-refractivity contribution < 1.29 is 27.5 Å². The first-order chi connectivity index (χ1) is 11.9. The lowest BCUT2D eigenvalue weighted by Crippen LogP contribution is -2.58. The maximum Gasteiger partial charge on any atom is 0.422 e. The van der Waals surface area contributed by atoms with Crippen LogP contribution in [0.1, 0.15) is 25.8 Å². The Morgan fingerprint density at radius 3 is 2.15 bits per heavy atom. The van der Waals surface area contributed by atoms with Gasteiger partial charge in [0.05, 0.1) is 6.04 Å². The predicted molar refractivity (Wildman–Crippen MR) is 94.2 cm³/mol. The van der Waals surface area contributed by atoms with Crippen LogP contribution in [0.15, 0.2) is 28.7 Å². The third-order valence-electron chi connectivity index (χ3n) is 3.90. The number of carbonyl (C=O) groups excluding carboxylic acids is 1. The summed E-state index contributed by atoms with van der Waals surface area (Å²) in [5, 5.41) is 8.95. The van der Waals surface area contributed by atoms with Crippen molar-refractivity contribution >= 4 is 22.2 Å². The highest BCUT2D eigenvalue weighted by atomic mass is 79.9. The number of hydrogen-bond donors (Lipinski definition) is 1. The van der Waals surface area contributed by atoms with Gasteiger partial charge in [-0.25, -0.2) is 4.39 Å². The van der Waals surface area contributed by atoms with E-state index in [4.69, 9.17) is 5.11 Å². The minimum Gasteiger partial charge on any atom is -0.384 e. The molecule has 0 saturated heterocycles. The van der Waals surface area contributed by atoms with Gasteiger partial charge in [0.2, 0.25) is 5.54 Å². The quantitative estimate of drug-likeness (QED) is 0.417. The van der Waals surface area contributed by atoms with E-state index in [-0.39, 0.29) is 11.8 Å². The van der Waals surface area contributed by atoms with Gasteiger partial charge >= 0.3 is 6.18 Å². The molecule has 1 aromatic carbocycles. The molecule has 0 amide bonds. The molecule has 1 rings (SSSR count). The van der Waals surface area contributed by atoms with Gasteiger partial charge in [-0.05, 0) is 38.6 Å². The normalized spacial score (nSPS) is 15.8. The molecule has 0 aliphatic heterocycles. The summed E-state index contributed by atoms with van der Waals surface area (Å²) in [7, 11) is 1.08. The standard InChI is InChI=1S/C18H20BrF4NO2/c1-16(2,20)11-15(12-26)24(3)17(9-4-10-25,18(21,22)23)13-5-7-14(19)8-6-13/h5-8,12,15,25H,10-11H2,1-3H3/t15-,17+/m0/s1. The minimum absolute atomic E-state index is 0.236. The van der Waals surface area contributed by atoms with Crippen LogP contribution < -0.4 is 0 Å². The molecule has 0 radical (unpaired) electrons. The number of likely N-dealkylation sites (N-methyl/N-ethyl adjacent to an activating group) is 1. The molecule has 0 unspecified atom stereocenters. The molecule has 26 heavy (non-hydrogen) atoms. The van der Waals surface area contributed by atoms with Crippen LogP contribution >= 0.6 is 15.9 Å². The van der Waals surface area contributed by atoms with Crippen molar-refractivity contribution in [3.05, 3.63) is 34.3 Å². The number of alkyl halides is 4. The molecule has 1 N–H and O–H groups in total. The van der Waals surface area contributed by atoms with Crippen molar-refractivity contribution in [2.75, 3.05) is 13.7 Å². The zero-order valence-electron chi connectivity index (χ0n) is 14.6. The zero-order chi connectivity index (χ0) is 20.2. The number of aldehydes is 1. The predicted octanol–water partition coefficient (Wildman–Crippen LogP) is 3.84. The van der Waals surface area contributed by atoms with Crippen LogP contribution in [0, 0.1) is 11.8 Å². The molecule has 0 saturated carbocycles. The molecule has 8 heteroatoms. The fraction of sp³-hybridized carbons (Fsp3) is 0.500. The second kappa shape index (κ2) is 8.51. The molecule has 2 atom stereocenters. The lowest BCUT2D eigenvalue weighted by Gasteiger charge is -2.43. The van der Waals surface area contributed by atoms with E-state index in [1.807, 2.05) is 0 Å². The summed E-state index contributed by atoms with van der Waals surface area (Å²) in [4.78, 5) is 12.2. The minimum atomic E-state index is -4.92. The molecule has 1 aromatic rings. The molecule has 0 aromatic heterocycles. The lowest BCUT2D eigenvalue weighted by atomic mass is 9.85. The Balaban J connectivity index is 3.66. The summed E-state index contributed by atoms with van der Waals surface area (Å²) in [6, 6.07) is 3.90. The number of carbonyl (C=O) groups is 1. The van der Waals surface area contributed by atoms with Crippen molar-refractivity contribution in [1.82, 2.24) is 4.90 Å². The van der Waals surface area contributed by atoms with Gasteiger partial charge in [0, 0.05) is 10.9 Å². The highest BCUT2D eigenvalue weighted by molar-refractivity contribution is 9.10. The number of halogens is 5. The van der Waals surface area contributed by atoms with Gasteiger partial charge in [0.1, 0.15) is 18.6 Å². The van der Waals surface area contributed by atoms with Gasteiger partial charge < -0.3 is 9.90 Å². The average Bonchev–Trinajstić information content (AvgIpc) is 2.52. The first-order valence-corrected chi connectivity index (χ1v) is 8.49. The third-order valence-corrected chi connectivity index (χ3v) is 4.43. The van der Waals surface area contributed by atoms with Crippen LogP contribution in [0.3, 0.4) is 0 Å². The van der Waals surface area contributed by atoms with E-state index in [9.17, 15) is 22.4 Å². The monoisotopic (exact) mass is 437 g/mol. The highest BCUT2D eigenvalue weighted by Crippen LogP contribution is 2.44. The van der Waals surface area contributed by atoms with Gasteiger partial charge in [-0.1, -0.05) is 39.9 Å². The van der Waals surface area contributed by atoms with E-state index < -0.39 is 36.5 Å². The van der Waals surface area contributed by atoms with Crippen LogP contribution in [0.25, 0.3) is 0 Å². The number of nitrogens with zero attached hydrogens (tertiary/aromatic N) is 1. The Kier molecular flexibility index (Phi) is 7.40. The molecule has 144 valence electrons. The first kappa shape index (κ1) is 22.6. The van der Waals surface area contributed by atoms with Gasteiger partial charge in [0.25, 0.3) is 0 Å². The number of aliphatic hydroxyl groups is 1. The maximum atomic E-state index is 14.2. The SMILES string of the molecule is CN([C@H](C=O)CC(C)(C)F)[C@](C#CCO)(c1ccc(Br)cc1)C(F)(F)F. The second-order valence-electron chi connectivity index (χ2n) is 6.41. The van der Waals surface area contributed by atoms with E-state index in [1.54, 1.807) is 0 Å². The van der Waals surface area contributed by atoms with Crippen LogP contribution in [-0.4, -0.2) is 47.8 Å². The molecule has 3 nitrogen and oxygen atoms in total. The van der Waals surface area contributed by atoms with Gasteiger partial charge in [-0.15, -0.1) is 0 Å². The van der Waals surface area contributed by atoms with Gasteiger partial charge in [-0.3, -0.25) is 4.90 Å². The van der Waals surface area contributed by atoms with Gasteiger partial charge in [-0.2, -0.15) is 13.2 Å². The summed E-state index contributed by atoms with van der Waals surface area (Å²) in [6.07, 6.45) is -5.08. The molecule has 0 heterocycles. The average molecular weight is 438 g/mol. The number of benzene rings is 1. The second-order valence-corrected chi connectivity index (χ2v) is 7.33. The Bertz CT molecular complexity index is 674. The fourth-order valence-electron chi connectivity index (χ4n) is 2.68. The smallest absolute Gasteiger partial charge is 0.384 e. The summed E-state index contributed by atoms with van der Waals surface area (Å²) in [5.74, 6) is 4.12. The highest BCUT2D eigenvalue weighted by Gasteiger charge is 2.59. The third kappa shape index (κ3) is 5.06. The number of rotatable bonds is 6. The van der Waals surface area contributed by atoms with E-state index in [0.29, 0.717) is 9.37 Å². The van der Waals surface area contributed by atoms with Crippen molar-refractivity contribution in [1.29, 1.82) is 0 Å². The van der Waals surface area contributed by atoms with Gasteiger partial charge in [0.15, 0.2) is 0 Å². The Morgan fingerprint density at radius 2 is 1.77 bits per heavy atom. The van der Waals surface area contributed by atoms with Crippen LogP contribution in [0.5, 0.6) is 0 Å². The zero-order valence-corrected chi connectivity index (χ0v) is 16.2. The Labute approximate surface area is 158 Å². The maximum absolute atomic E-state index is 14.2. The van der Waals surface area contributed by atoms with Crippen molar-refractivity contribution in [2.24, 2.45) is 0 Å².